The van der Waals surface area contributed by atoms with Crippen LogP contribution in [0.4, 0.5) is 5.69 Å². The molecule has 1 saturated heterocycles. The fraction of sp³-hybridized carbons (Fsp3) is 0.263. The number of rotatable bonds is 5. The number of anilines is 1. The van der Waals surface area contributed by atoms with Crippen LogP contribution in [0.2, 0.25) is 0 Å². The molecule has 1 atom stereocenters. The van der Waals surface area contributed by atoms with Crippen LogP contribution in [0, 0.1) is 0 Å². The summed E-state index contributed by atoms with van der Waals surface area (Å²) in [7, 11) is 0. The summed E-state index contributed by atoms with van der Waals surface area (Å²) in [5, 5.41) is 2.83. The molecular formula is C19H21N3O2. The molecule has 5 heteroatoms. The number of nitrogens with zero attached hydrogens (tertiary/aromatic N) is 1. The largest absolute Gasteiger partial charge is 0.338 e. The van der Waals surface area contributed by atoms with Crippen LogP contribution in [0.15, 0.2) is 54.6 Å². The molecule has 0 aromatic heterocycles. The van der Waals surface area contributed by atoms with Gasteiger partial charge in [-0.15, -0.1) is 0 Å². The Morgan fingerprint density at radius 1 is 1.12 bits per heavy atom. The van der Waals surface area contributed by atoms with Crippen molar-refractivity contribution in [1.82, 2.24) is 4.90 Å². The van der Waals surface area contributed by atoms with E-state index in [9.17, 15) is 9.59 Å². The van der Waals surface area contributed by atoms with Gasteiger partial charge in [-0.1, -0.05) is 42.5 Å². The highest BCUT2D eigenvalue weighted by atomic mass is 16.2. The smallest absolute Gasteiger partial charge is 0.245 e. The Morgan fingerprint density at radius 2 is 1.83 bits per heavy atom. The lowest BCUT2D eigenvalue weighted by Crippen LogP contribution is -2.27. The van der Waals surface area contributed by atoms with Gasteiger partial charge in [0.15, 0.2) is 0 Å². The van der Waals surface area contributed by atoms with Gasteiger partial charge in [-0.05, 0) is 29.7 Å². The molecule has 3 rings (SSSR count). The second kappa shape index (κ2) is 7.27. The first-order valence-electron chi connectivity index (χ1n) is 8.11. The molecule has 2 amide bonds. The zero-order chi connectivity index (χ0) is 16.9. The first-order valence-corrected chi connectivity index (χ1v) is 8.11. The van der Waals surface area contributed by atoms with Gasteiger partial charge < -0.3 is 16.0 Å². The molecule has 0 saturated carbocycles. The van der Waals surface area contributed by atoms with Gasteiger partial charge in [0, 0.05) is 25.2 Å². The maximum Gasteiger partial charge on any atom is 0.245 e. The van der Waals surface area contributed by atoms with Gasteiger partial charge in [-0.3, -0.25) is 9.59 Å². The maximum absolute atomic E-state index is 12.2. The van der Waals surface area contributed by atoms with Crippen molar-refractivity contribution in [2.45, 2.75) is 25.4 Å². The third kappa shape index (κ3) is 3.81. The Morgan fingerprint density at radius 3 is 2.46 bits per heavy atom. The predicted molar refractivity (Wildman–Crippen MR) is 93.1 cm³/mol. The number of hydrogen-bond donors (Lipinski definition) is 2. The Hall–Kier alpha value is -2.66. The van der Waals surface area contributed by atoms with Crippen molar-refractivity contribution >= 4 is 17.5 Å². The van der Waals surface area contributed by atoms with E-state index in [2.05, 4.69) is 5.32 Å². The number of benzene rings is 2. The van der Waals surface area contributed by atoms with E-state index in [0.29, 0.717) is 18.7 Å². The molecule has 1 heterocycles. The van der Waals surface area contributed by atoms with Crippen molar-refractivity contribution in [3.63, 3.8) is 0 Å². The van der Waals surface area contributed by atoms with Crippen LogP contribution in [-0.2, 0) is 16.1 Å². The van der Waals surface area contributed by atoms with Crippen molar-refractivity contribution in [1.29, 1.82) is 0 Å². The Bertz CT molecular complexity index is 713. The summed E-state index contributed by atoms with van der Waals surface area (Å²) in [6, 6.07) is 16.1. The topological polar surface area (TPSA) is 75.4 Å². The van der Waals surface area contributed by atoms with Crippen LogP contribution in [-0.4, -0.2) is 23.3 Å². The average molecular weight is 323 g/mol. The SMILES string of the molecule is NC(C(=O)Nc1ccc(CN2CCCC2=O)cc1)c1ccccc1. The maximum atomic E-state index is 12.2. The fourth-order valence-corrected chi connectivity index (χ4v) is 2.82. The van der Waals surface area contributed by atoms with E-state index in [-0.39, 0.29) is 11.8 Å². The van der Waals surface area contributed by atoms with Gasteiger partial charge in [0.25, 0.3) is 0 Å². The molecule has 1 aliphatic rings. The van der Waals surface area contributed by atoms with Gasteiger partial charge >= 0.3 is 0 Å². The monoisotopic (exact) mass is 323 g/mol. The highest BCUT2D eigenvalue weighted by Gasteiger charge is 2.20. The highest BCUT2D eigenvalue weighted by Crippen LogP contribution is 2.17. The number of likely N-dealkylation sites (tertiary alicyclic amines) is 1. The van der Waals surface area contributed by atoms with Crippen LogP contribution in [0.1, 0.15) is 30.0 Å². The summed E-state index contributed by atoms with van der Waals surface area (Å²) in [6.07, 6.45) is 1.58. The lowest BCUT2D eigenvalue weighted by atomic mass is 10.1. The quantitative estimate of drug-likeness (QED) is 0.887. The molecule has 3 N–H and O–H groups in total. The summed E-state index contributed by atoms with van der Waals surface area (Å²) in [5.74, 6) is -0.0371. The number of carbonyl (C=O) groups excluding carboxylic acids is 2. The molecular weight excluding hydrogens is 302 g/mol. The minimum Gasteiger partial charge on any atom is -0.338 e. The number of nitrogens with one attached hydrogen (secondary N) is 1. The van der Waals surface area contributed by atoms with Crippen LogP contribution in [0.3, 0.4) is 0 Å². The fourth-order valence-electron chi connectivity index (χ4n) is 2.82. The number of nitrogens with two attached hydrogens (primary N) is 1. The second-order valence-electron chi connectivity index (χ2n) is 5.99. The van der Waals surface area contributed by atoms with Crippen molar-refractivity contribution in [3.8, 4) is 0 Å². The highest BCUT2D eigenvalue weighted by molar-refractivity contribution is 5.95. The molecule has 0 bridgehead atoms. The molecule has 0 aliphatic carbocycles. The lowest BCUT2D eigenvalue weighted by molar-refractivity contribution is -0.128. The van der Waals surface area contributed by atoms with E-state index >= 15 is 0 Å². The number of hydrogen-bond acceptors (Lipinski definition) is 3. The van der Waals surface area contributed by atoms with Crippen LogP contribution in [0.25, 0.3) is 0 Å². The predicted octanol–water partition coefficient (Wildman–Crippen LogP) is 2.45. The van der Waals surface area contributed by atoms with Crippen LogP contribution >= 0.6 is 0 Å². The minimum absolute atomic E-state index is 0.209. The van der Waals surface area contributed by atoms with Crippen molar-refractivity contribution in [3.05, 3.63) is 65.7 Å². The van der Waals surface area contributed by atoms with Crippen molar-refractivity contribution in [2.75, 3.05) is 11.9 Å². The Kier molecular flexibility index (Phi) is 4.91. The van der Waals surface area contributed by atoms with Gasteiger partial charge in [0.1, 0.15) is 6.04 Å². The Balaban J connectivity index is 1.59. The number of amides is 2. The zero-order valence-corrected chi connectivity index (χ0v) is 13.4. The van der Waals surface area contributed by atoms with Crippen molar-refractivity contribution < 1.29 is 9.59 Å². The van der Waals surface area contributed by atoms with Gasteiger partial charge in [0.05, 0.1) is 0 Å². The molecule has 1 aliphatic heterocycles. The number of carbonyl (C=O) groups is 2. The van der Waals surface area contributed by atoms with Gasteiger partial charge in [-0.25, -0.2) is 0 Å². The van der Waals surface area contributed by atoms with Crippen LogP contribution < -0.4 is 11.1 Å². The summed E-state index contributed by atoms with van der Waals surface area (Å²) < 4.78 is 0. The normalized spacial score (nSPS) is 15.4. The second-order valence-corrected chi connectivity index (χ2v) is 5.99. The van der Waals surface area contributed by atoms with E-state index < -0.39 is 6.04 Å². The van der Waals surface area contributed by atoms with Gasteiger partial charge in [-0.2, -0.15) is 0 Å². The summed E-state index contributed by atoms with van der Waals surface area (Å²) in [5.41, 5.74) is 8.51. The molecule has 0 spiro atoms. The van der Waals surface area contributed by atoms with E-state index in [0.717, 1.165) is 24.1 Å². The van der Waals surface area contributed by atoms with E-state index in [4.69, 9.17) is 5.73 Å². The third-order valence-corrected chi connectivity index (χ3v) is 4.21. The molecule has 24 heavy (non-hydrogen) atoms. The van der Waals surface area contributed by atoms with Crippen LogP contribution in [0.5, 0.6) is 0 Å². The Labute approximate surface area is 141 Å². The first-order chi connectivity index (χ1) is 11.6. The molecule has 124 valence electrons. The average Bonchev–Trinajstić information content (AvgIpc) is 3.01. The van der Waals surface area contributed by atoms with E-state index in [1.54, 1.807) is 0 Å². The lowest BCUT2D eigenvalue weighted by Gasteiger charge is -2.16. The molecule has 1 fully saturated rings. The van der Waals surface area contributed by atoms with E-state index in [1.165, 1.54) is 0 Å². The molecule has 2 aromatic rings. The minimum atomic E-state index is -0.701. The molecule has 5 nitrogen and oxygen atoms in total. The third-order valence-electron chi connectivity index (χ3n) is 4.21. The van der Waals surface area contributed by atoms with Crippen molar-refractivity contribution in [2.24, 2.45) is 5.73 Å². The summed E-state index contributed by atoms with van der Waals surface area (Å²) in [6.45, 7) is 1.44. The standard InChI is InChI=1S/C19H21N3O2/c20-18(15-5-2-1-3-6-15)19(24)21-16-10-8-14(9-11-16)13-22-12-4-7-17(22)23/h1-3,5-6,8-11,18H,4,7,12-13,20H2,(H,21,24). The zero-order valence-electron chi connectivity index (χ0n) is 13.4. The van der Waals surface area contributed by atoms with E-state index in [1.807, 2.05) is 59.5 Å². The molecule has 0 radical (unpaired) electrons. The van der Waals surface area contributed by atoms with Gasteiger partial charge in [0.2, 0.25) is 11.8 Å². The molecule has 2 aromatic carbocycles. The molecule has 1 unspecified atom stereocenters. The summed E-state index contributed by atoms with van der Waals surface area (Å²) >= 11 is 0. The first kappa shape index (κ1) is 16.2. The summed E-state index contributed by atoms with van der Waals surface area (Å²) in [4.78, 5) is 25.7.